The SMILES string of the molecule is Cc1cc(NC(=O)c2ccccn2)n(C2CCCC2)n1. The summed E-state index contributed by atoms with van der Waals surface area (Å²) in [6.45, 7) is 1.95. The van der Waals surface area contributed by atoms with E-state index in [-0.39, 0.29) is 5.91 Å². The van der Waals surface area contributed by atoms with Crippen molar-refractivity contribution in [2.75, 3.05) is 5.32 Å². The predicted molar refractivity (Wildman–Crippen MR) is 76.7 cm³/mol. The summed E-state index contributed by atoms with van der Waals surface area (Å²) in [5.74, 6) is 0.579. The molecule has 2 heterocycles. The number of pyridine rings is 1. The van der Waals surface area contributed by atoms with Crippen molar-refractivity contribution in [3.05, 3.63) is 41.9 Å². The van der Waals surface area contributed by atoms with Crippen LogP contribution in [0, 0.1) is 6.92 Å². The van der Waals surface area contributed by atoms with E-state index in [0.717, 1.165) is 24.4 Å². The Balaban J connectivity index is 1.82. The molecule has 104 valence electrons. The number of anilines is 1. The average Bonchev–Trinajstić information content (AvgIpc) is 3.09. The first-order chi connectivity index (χ1) is 9.74. The number of carbonyl (C=O) groups is 1. The highest BCUT2D eigenvalue weighted by atomic mass is 16.2. The standard InChI is InChI=1S/C15H18N4O/c1-11-10-14(19(18-11)12-6-2-3-7-12)17-15(20)13-8-4-5-9-16-13/h4-5,8-10,12H,2-3,6-7H2,1H3,(H,17,20). The molecule has 5 heteroatoms. The van der Waals surface area contributed by atoms with Gasteiger partial charge in [-0.1, -0.05) is 18.9 Å². The molecule has 2 aromatic heterocycles. The maximum absolute atomic E-state index is 12.2. The Morgan fingerprint density at radius 3 is 2.85 bits per heavy atom. The Morgan fingerprint density at radius 1 is 1.35 bits per heavy atom. The molecule has 2 aromatic rings. The molecule has 20 heavy (non-hydrogen) atoms. The number of rotatable bonds is 3. The van der Waals surface area contributed by atoms with Gasteiger partial charge in [0.25, 0.3) is 5.91 Å². The van der Waals surface area contributed by atoms with E-state index in [0.29, 0.717) is 11.7 Å². The molecule has 0 unspecified atom stereocenters. The molecule has 1 amide bonds. The molecule has 0 bridgehead atoms. The fraction of sp³-hybridized carbons (Fsp3) is 0.400. The van der Waals surface area contributed by atoms with Crippen LogP contribution in [-0.2, 0) is 0 Å². The summed E-state index contributed by atoms with van der Waals surface area (Å²) < 4.78 is 1.96. The largest absolute Gasteiger partial charge is 0.305 e. The molecule has 1 saturated carbocycles. The molecule has 0 spiro atoms. The molecule has 0 atom stereocenters. The minimum Gasteiger partial charge on any atom is -0.305 e. The summed E-state index contributed by atoms with van der Waals surface area (Å²) in [6, 6.07) is 7.63. The van der Waals surface area contributed by atoms with Crippen LogP contribution in [0.4, 0.5) is 5.82 Å². The highest BCUT2D eigenvalue weighted by Crippen LogP contribution is 2.31. The number of hydrogen-bond acceptors (Lipinski definition) is 3. The molecule has 0 aliphatic heterocycles. The van der Waals surface area contributed by atoms with Crippen molar-refractivity contribution in [3.8, 4) is 0 Å². The van der Waals surface area contributed by atoms with E-state index in [4.69, 9.17) is 0 Å². The number of nitrogens with one attached hydrogen (secondary N) is 1. The maximum Gasteiger partial charge on any atom is 0.275 e. The third kappa shape index (κ3) is 2.57. The van der Waals surface area contributed by atoms with Crippen LogP contribution in [0.15, 0.2) is 30.5 Å². The van der Waals surface area contributed by atoms with Crippen LogP contribution >= 0.6 is 0 Å². The molecule has 0 radical (unpaired) electrons. The minimum absolute atomic E-state index is 0.190. The number of amides is 1. The minimum atomic E-state index is -0.190. The van der Waals surface area contributed by atoms with E-state index in [2.05, 4.69) is 15.4 Å². The summed E-state index contributed by atoms with van der Waals surface area (Å²) in [6.07, 6.45) is 6.35. The highest BCUT2D eigenvalue weighted by molar-refractivity contribution is 6.02. The summed E-state index contributed by atoms with van der Waals surface area (Å²) in [5.41, 5.74) is 1.34. The van der Waals surface area contributed by atoms with Crippen LogP contribution in [0.25, 0.3) is 0 Å². The van der Waals surface area contributed by atoms with Crippen LogP contribution in [-0.4, -0.2) is 20.7 Å². The highest BCUT2D eigenvalue weighted by Gasteiger charge is 2.21. The van der Waals surface area contributed by atoms with E-state index in [1.165, 1.54) is 12.8 Å². The molecule has 5 nitrogen and oxygen atoms in total. The lowest BCUT2D eigenvalue weighted by atomic mass is 10.2. The zero-order valence-electron chi connectivity index (χ0n) is 11.5. The normalized spacial score (nSPS) is 15.4. The van der Waals surface area contributed by atoms with Crippen LogP contribution in [0.3, 0.4) is 0 Å². The van der Waals surface area contributed by atoms with Crippen LogP contribution in [0.2, 0.25) is 0 Å². The van der Waals surface area contributed by atoms with Crippen molar-refractivity contribution in [1.29, 1.82) is 0 Å². The Labute approximate surface area is 118 Å². The van der Waals surface area contributed by atoms with Gasteiger partial charge in [0.05, 0.1) is 11.7 Å². The van der Waals surface area contributed by atoms with Crippen molar-refractivity contribution >= 4 is 11.7 Å². The summed E-state index contributed by atoms with van der Waals surface area (Å²) in [4.78, 5) is 16.2. The molecule has 1 aliphatic carbocycles. The Kier molecular flexibility index (Phi) is 3.50. The Bertz CT molecular complexity index is 600. The second-order valence-corrected chi connectivity index (χ2v) is 5.22. The van der Waals surface area contributed by atoms with E-state index in [1.807, 2.05) is 17.7 Å². The van der Waals surface area contributed by atoms with Gasteiger partial charge in [-0.2, -0.15) is 5.10 Å². The summed E-state index contributed by atoms with van der Waals surface area (Å²) >= 11 is 0. The third-order valence-electron chi connectivity index (χ3n) is 3.67. The number of aryl methyl sites for hydroxylation is 1. The monoisotopic (exact) mass is 270 g/mol. The lowest BCUT2D eigenvalue weighted by Gasteiger charge is -2.14. The van der Waals surface area contributed by atoms with Gasteiger partial charge in [0.15, 0.2) is 0 Å². The van der Waals surface area contributed by atoms with Gasteiger partial charge in [0, 0.05) is 12.3 Å². The topological polar surface area (TPSA) is 59.8 Å². The zero-order valence-corrected chi connectivity index (χ0v) is 11.5. The second-order valence-electron chi connectivity index (χ2n) is 5.22. The first-order valence-corrected chi connectivity index (χ1v) is 7.02. The number of aromatic nitrogens is 3. The molecular formula is C15H18N4O. The Hall–Kier alpha value is -2.17. The molecular weight excluding hydrogens is 252 g/mol. The lowest BCUT2D eigenvalue weighted by molar-refractivity contribution is 0.102. The molecule has 0 saturated heterocycles. The van der Waals surface area contributed by atoms with Crippen LogP contribution in [0.5, 0.6) is 0 Å². The second kappa shape index (κ2) is 5.45. The van der Waals surface area contributed by atoms with Gasteiger partial charge in [0.1, 0.15) is 11.5 Å². The van der Waals surface area contributed by atoms with Crippen molar-refractivity contribution < 1.29 is 4.79 Å². The van der Waals surface area contributed by atoms with Gasteiger partial charge in [-0.3, -0.25) is 9.78 Å². The van der Waals surface area contributed by atoms with Gasteiger partial charge >= 0.3 is 0 Å². The fourth-order valence-corrected chi connectivity index (χ4v) is 2.71. The number of carbonyl (C=O) groups excluding carboxylic acids is 1. The Morgan fingerprint density at radius 2 is 2.15 bits per heavy atom. The van der Waals surface area contributed by atoms with E-state index in [9.17, 15) is 4.79 Å². The van der Waals surface area contributed by atoms with Gasteiger partial charge in [-0.05, 0) is 31.9 Å². The summed E-state index contributed by atoms with van der Waals surface area (Å²) in [7, 11) is 0. The molecule has 0 aromatic carbocycles. The van der Waals surface area contributed by atoms with Gasteiger partial charge in [-0.25, -0.2) is 4.68 Å². The smallest absolute Gasteiger partial charge is 0.275 e. The van der Waals surface area contributed by atoms with Crippen molar-refractivity contribution in [2.24, 2.45) is 0 Å². The van der Waals surface area contributed by atoms with Crippen LogP contribution in [0.1, 0.15) is 47.9 Å². The molecule has 1 aliphatic rings. The van der Waals surface area contributed by atoms with Crippen LogP contribution < -0.4 is 5.32 Å². The summed E-state index contributed by atoms with van der Waals surface area (Å²) in [5, 5.41) is 7.44. The van der Waals surface area contributed by atoms with Gasteiger partial charge in [0.2, 0.25) is 0 Å². The average molecular weight is 270 g/mol. The third-order valence-corrected chi connectivity index (χ3v) is 3.67. The maximum atomic E-state index is 12.2. The van der Waals surface area contributed by atoms with Gasteiger partial charge < -0.3 is 5.32 Å². The van der Waals surface area contributed by atoms with Crippen molar-refractivity contribution in [1.82, 2.24) is 14.8 Å². The number of hydrogen-bond donors (Lipinski definition) is 1. The molecule has 3 rings (SSSR count). The molecule has 1 N–H and O–H groups in total. The van der Waals surface area contributed by atoms with E-state index < -0.39 is 0 Å². The van der Waals surface area contributed by atoms with Gasteiger partial charge in [-0.15, -0.1) is 0 Å². The quantitative estimate of drug-likeness (QED) is 0.932. The van der Waals surface area contributed by atoms with Crippen molar-refractivity contribution in [2.45, 2.75) is 38.6 Å². The first kappa shape index (κ1) is 12.8. The predicted octanol–water partition coefficient (Wildman–Crippen LogP) is 2.95. The van der Waals surface area contributed by atoms with E-state index >= 15 is 0 Å². The molecule has 1 fully saturated rings. The van der Waals surface area contributed by atoms with E-state index in [1.54, 1.807) is 24.4 Å². The van der Waals surface area contributed by atoms with Crippen molar-refractivity contribution in [3.63, 3.8) is 0 Å². The first-order valence-electron chi connectivity index (χ1n) is 7.02. The number of nitrogens with zero attached hydrogens (tertiary/aromatic N) is 3. The fourth-order valence-electron chi connectivity index (χ4n) is 2.71. The zero-order chi connectivity index (χ0) is 13.9. The lowest BCUT2D eigenvalue weighted by Crippen LogP contribution is -2.18.